The predicted molar refractivity (Wildman–Crippen MR) is 78.1 cm³/mol. The van der Waals surface area contributed by atoms with Crippen LogP contribution in [0, 0.1) is 5.82 Å². The maximum atomic E-state index is 13.1. The van der Waals surface area contributed by atoms with Gasteiger partial charge in [-0.1, -0.05) is 0 Å². The Morgan fingerprint density at radius 3 is 2.57 bits per heavy atom. The largest absolute Gasteiger partial charge is 0.397 e. The van der Waals surface area contributed by atoms with Crippen LogP contribution in [0.15, 0.2) is 18.2 Å². The van der Waals surface area contributed by atoms with E-state index in [4.69, 9.17) is 5.73 Å². The van der Waals surface area contributed by atoms with Gasteiger partial charge in [0.1, 0.15) is 5.82 Å². The van der Waals surface area contributed by atoms with Crippen LogP contribution in [0.3, 0.4) is 0 Å². The topological polar surface area (TPSA) is 78.7 Å². The number of halogens is 1. The summed E-state index contributed by atoms with van der Waals surface area (Å²) >= 11 is 0. The summed E-state index contributed by atoms with van der Waals surface area (Å²) < 4.78 is 13.1. The van der Waals surface area contributed by atoms with E-state index in [1.54, 1.807) is 4.90 Å². The van der Waals surface area contributed by atoms with Crippen molar-refractivity contribution in [2.45, 2.75) is 6.92 Å². The number of nitrogens with one attached hydrogen (secondary N) is 1. The van der Waals surface area contributed by atoms with E-state index < -0.39 is 5.82 Å². The minimum Gasteiger partial charge on any atom is -0.397 e. The molecule has 0 atom stereocenters. The fourth-order valence-corrected chi connectivity index (χ4v) is 2.25. The van der Waals surface area contributed by atoms with Crippen LogP contribution in [-0.2, 0) is 9.59 Å². The molecule has 114 valence electrons. The molecule has 1 aromatic carbocycles. The highest BCUT2D eigenvalue weighted by atomic mass is 19.1. The van der Waals surface area contributed by atoms with Gasteiger partial charge in [-0.05, 0) is 18.2 Å². The number of anilines is 2. The minimum absolute atomic E-state index is 0.0478. The molecule has 1 aliphatic heterocycles. The van der Waals surface area contributed by atoms with E-state index in [1.165, 1.54) is 25.1 Å². The molecule has 0 aromatic heterocycles. The number of hydrogen-bond acceptors (Lipinski definition) is 4. The SMILES string of the molecule is CC(=O)N1CCN(CC(=O)Nc2cc(F)ccc2N)CC1. The first-order chi connectivity index (χ1) is 9.95. The van der Waals surface area contributed by atoms with E-state index in [0.29, 0.717) is 31.9 Å². The van der Waals surface area contributed by atoms with E-state index in [-0.39, 0.29) is 24.0 Å². The zero-order valence-electron chi connectivity index (χ0n) is 11.9. The first-order valence-electron chi connectivity index (χ1n) is 6.78. The Hall–Kier alpha value is -2.15. The molecule has 1 heterocycles. The third-order valence-electron chi connectivity index (χ3n) is 3.47. The van der Waals surface area contributed by atoms with Crippen LogP contribution in [0.25, 0.3) is 0 Å². The molecule has 3 N–H and O–H groups in total. The normalized spacial score (nSPS) is 15.8. The Balaban J connectivity index is 1.85. The van der Waals surface area contributed by atoms with Crippen molar-refractivity contribution in [3.8, 4) is 0 Å². The molecule has 0 bridgehead atoms. The average Bonchev–Trinajstić information content (AvgIpc) is 2.43. The van der Waals surface area contributed by atoms with Crippen molar-refractivity contribution in [3.05, 3.63) is 24.0 Å². The van der Waals surface area contributed by atoms with Crippen molar-refractivity contribution >= 4 is 23.2 Å². The highest BCUT2D eigenvalue weighted by Gasteiger charge is 2.20. The van der Waals surface area contributed by atoms with Gasteiger partial charge in [-0.15, -0.1) is 0 Å². The molecule has 0 saturated carbocycles. The molecule has 0 aliphatic carbocycles. The lowest BCUT2D eigenvalue weighted by Gasteiger charge is -2.33. The molecule has 1 aliphatic rings. The Morgan fingerprint density at radius 2 is 1.95 bits per heavy atom. The summed E-state index contributed by atoms with van der Waals surface area (Å²) in [6.07, 6.45) is 0. The molecule has 2 amide bonds. The zero-order valence-corrected chi connectivity index (χ0v) is 11.9. The highest BCUT2D eigenvalue weighted by Crippen LogP contribution is 2.19. The molecular formula is C14H19FN4O2. The van der Waals surface area contributed by atoms with Crippen LogP contribution in [0.2, 0.25) is 0 Å². The number of nitrogens with zero attached hydrogens (tertiary/aromatic N) is 2. The summed E-state index contributed by atoms with van der Waals surface area (Å²) in [5.74, 6) is -0.648. The second-order valence-electron chi connectivity index (χ2n) is 5.06. The average molecular weight is 294 g/mol. The summed E-state index contributed by atoms with van der Waals surface area (Å²) in [7, 11) is 0. The number of benzene rings is 1. The summed E-state index contributed by atoms with van der Waals surface area (Å²) in [4.78, 5) is 26.9. The van der Waals surface area contributed by atoms with Gasteiger partial charge in [0.2, 0.25) is 11.8 Å². The van der Waals surface area contributed by atoms with Crippen molar-refractivity contribution in [1.82, 2.24) is 9.80 Å². The van der Waals surface area contributed by atoms with E-state index >= 15 is 0 Å². The third kappa shape index (κ3) is 4.16. The smallest absolute Gasteiger partial charge is 0.238 e. The quantitative estimate of drug-likeness (QED) is 0.796. The van der Waals surface area contributed by atoms with Crippen LogP contribution in [0.5, 0.6) is 0 Å². The fourth-order valence-electron chi connectivity index (χ4n) is 2.25. The maximum Gasteiger partial charge on any atom is 0.238 e. The minimum atomic E-state index is -0.449. The number of nitrogen functional groups attached to an aromatic ring is 1. The molecule has 1 aromatic rings. The Kier molecular flexibility index (Phi) is 4.74. The molecule has 1 saturated heterocycles. The number of carbonyl (C=O) groups excluding carboxylic acids is 2. The number of piperazine rings is 1. The number of nitrogens with two attached hydrogens (primary N) is 1. The lowest BCUT2D eigenvalue weighted by Crippen LogP contribution is -2.49. The molecular weight excluding hydrogens is 275 g/mol. The van der Waals surface area contributed by atoms with Crippen LogP contribution < -0.4 is 11.1 Å². The van der Waals surface area contributed by atoms with Gasteiger partial charge < -0.3 is 16.0 Å². The zero-order chi connectivity index (χ0) is 15.4. The van der Waals surface area contributed by atoms with Gasteiger partial charge in [0.05, 0.1) is 17.9 Å². The van der Waals surface area contributed by atoms with Crippen molar-refractivity contribution in [2.75, 3.05) is 43.8 Å². The molecule has 7 heteroatoms. The van der Waals surface area contributed by atoms with Gasteiger partial charge in [-0.2, -0.15) is 0 Å². The second kappa shape index (κ2) is 6.53. The van der Waals surface area contributed by atoms with Crippen molar-refractivity contribution < 1.29 is 14.0 Å². The molecule has 0 spiro atoms. The van der Waals surface area contributed by atoms with Crippen LogP contribution >= 0.6 is 0 Å². The molecule has 6 nitrogen and oxygen atoms in total. The van der Waals surface area contributed by atoms with Gasteiger partial charge in [-0.25, -0.2) is 4.39 Å². The summed E-state index contributed by atoms with van der Waals surface area (Å²) in [6, 6.07) is 3.85. The maximum absolute atomic E-state index is 13.1. The number of hydrogen-bond donors (Lipinski definition) is 2. The first kappa shape index (κ1) is 15.2. The third-order valence-corrected chi connectivity index (χ3v) is 3.47. The van der Waals surface area contributed by atoms with E-state index in [2.05, 4.69) is 5.32 Å². The Morgan fingerprint density at radius 1 is 1.29 bits per heavy atom. The molecule has 1 fully saturated rings. The highest BCUT2D eigenvalue weighted by molar-refractivity contribution is 5.95. The Labute approximate surface area is 122 Å². The van der Waals surface area contributed by atoms with Crippen molar-refractivity contribution in [2.24, 2.45) is 0 Å². The number of rotatable bonds is 3. The van der Waals surface area contributed by atoms with Crippen molar-refractivity contribution in [1.29, 1.82) is 0 Å². The second-order valence-corrected chi connectivity index (χ2v) is 5.06. The van der Waals surface area contributed by atoms with Crippen LogP contribution in [-0.4, -0.2) is 54.3 Å². The first-order valence-corrected chi connectivity index (χ1v) is 6.78. The predicted octanol–water partition coefficient (Wildman–Crippen LogP) is 0.511. The fraction of sp³-hybridized carbons (Fsp3) is 0.429. The van der Waals surface area contributed by atoms with Gasteiger partial charge in [-0.3, -0.25) is 14.5 Å². The van der Waals surface area contributed by atoms with Crippen LogP contribution in [0.1, 0.15) is 6.92 Å². The van der Waals surface area contributed by atoms with E-state index in [1.807, 2.05) is 4.90 Å². The van der Waals surface area contributed by atoms with Gasteiger partial charge >= 0.3 is 0 Å². The monoisotopic (exact) mass is 294 g/mol. The standard InChI is InChI=1S/C14H19FN4O2/c1-10(20)19-6-4-18(5-7-19)9-14(21)17-13-8-11(15)2-3-12(13)16/h2-3,8H,4-7,9,16H2,1H3,(H,17,21). The summed E-state index contributed by atoms with van der Waals surface area (Å²) in [6.45, 7) is 4.25. The van der Waals surface area contributed by atoms with E-state index in [0.717, 1.165) is 0 Å². The lowest BCUT2D eigenvalue weighted by molar-refractivity contribution is -0.130. The van der Waals surface area contributed by atoms with E-state index in [9.17, 15) is 14.0 Å². The summed E-state index contributed by atoms with van der Waals surface area (Å²) in [5, 5.41) is 2.61. The van der Waals surface area contributed by atoms with Gasteiger partial charge in [0, 0.05) is 33.1 Å². The molecule has 21 heavy (non-hydrogen) atoms. The van der Waals surface area contributed by atoms with Gasteiger partial charge in [0.15, 0.2) is 0 Å². The number of carbonyl (C=O) groups is 2. The van der Waals surface area contributed by atoms with Gasteiger partial charge in [0.25, 0.3) is 0 Å². The van der Waals surface area contributed by atoms with Crippen LogP contribution in [0.4, 0.5) is 15.8 Å². The molecule has 0 unspecified atom stereocenters. The summed E-state index contributed by atoms with van der Waals surface area (Å²) in [5.41, 5.74) is 6.29. The Bertz CT molecular complexity index is 542. The molecule has 0 radical (unpaired) electrons. The molecule has 2 rings (SSSR count). The lowest BCUT2D eigenvalue weighted by atomic mass is 10.2. The number of amides is 2. The van der Waals surface area contributed by atoms with Crippen molar-refractivity contribution in [3.63, 3.8) is 0 Å².